The highest BCUT2D eigenvalue weighted by atomic mass is 32.2. The number of fused-ring (bicyclic) bond motifs is 4. The van der Waals surface area contributed by atoms with E-state index >= 15 is 0 Å². The average molecular weight is 353 g/mol. The Morgan fingerprint density at radius 2 is 2.08 bits per heavy atom. The molecule has 5 rings (SSSR count). The van der Waals surface area contributed by atoms with Gasteiger partial charge in [-0.15, -0.1) is 21.5 Å². The average Bonchev–Trinajstić information content (AvgIpc) is 3.29. The van der Waals surface area contributed by atoms with Crippen LogP contribution in [-0.2, 0) is 12.8 Å². The highest BCUT2D eigenvalue weighted by molar-refractivity contribution is 8.00. The fraction of sp³-hybridized carbons (Fsp3) is 0.133. The van der Waals surface area contributed by atoms with Crippen LogP contribution >= 0.6 is 23.1 Å². The molecule has 5 aromatic rings. The van der Waals surface area contributed by atoms with Gasteiger partial charge in [0.1, 0.15) is 12.2 Å². The Labute approximate surface area is 144 Å². The lowest BCUT2D eigenvalue weighted by Gasteiger charge is -1.99. The summed E-state index contributed by atoms with van der Waals surface area (Å²) in [6, 6.07) is 8.16. The van der Waals surface area contributed by atoms with Gasteiger partial charge in [0.25, 0.3) is 0 Å². The van der Waals surface area contributed by atoms with Crippen molar-refractivity contribution < 1.29 is 0 Å². The summed E-state index contributed by atoms with van der Waals surface area (Å²) in [5, 5.41) is 13.8. The molecule has 1 aromatic carbocycles. The third kappa shape index (κ3) is 2.09. The number of thiazole rings is 1. The maximum Gasteiger partial charge on any atom is 0.174 e. The molecule has 0 atom stereocenters. The second kappa shape index (κ2) is 5.25. The second-order valence-corrected chi connectivity index (χ2v) is 7.55. The first-order valence-electron chi connectivity index (χ1n) is 7.28. The Bertz CT molecular complexity index is 1150. The normalized spacial score (nSPS) is 11.9. The number of aromatic nitrogens is 7. The first-order valence-corrected chi connectivity index (χ1v) is 9.08. The SMILES string of the molecule is Cn1ncc2c1ncn1c(CSc3nc4ccccc4s3)nnc21. The van der Waals surface area contributed by atoms with Crippen molar-refractivity contribution in [1.29, 1.82) is 0 Å². The van der Waals surface area contributed by atoms with E-state index in [1.807, 2.05) is 29.6 Å². The zero-order valence-corrected chi connectivity index (χ0v) is 14.3. The molecule has 0 aliphatic heterocycles. The summed E-state index contributed by atoms with van der Waals surface area (Å²) in [5.74, 6) is 1.54. The highest BCUT2D eigenvalue weighted by Gasteiger charge is 2.13. The van der Waals surface area contributed by atoms with E-state index in [1.165, 1.54) is 4.70 Å². The topological polar surface area (TPSA) is 73.8 Å². The van der Waals surface area contributed by atoms with Crippen molar-refractivity contribution in [3.8, 4) is 0 Å². The Morgan fingerprint density at radius 3 is 3.00 bits per heavy atom. The molecule has 0 bridgehead atoms. The van der Waals surface area contributed by atoms with Gasteiger partial charge in [0, 0.05) is 7.05 Å². The number of benzene rings is 1. The summed E-state index contributed by atoms with van der Waals surface area (Å²) in [5.41, 5.74) is 2.63. The van der Waals surface area contributed by atoms with E-state index in [1.54, 1.807) is 40.3 Å². The molecule has 0 saturated heterocycles. The van der Waals surface area contributed by atoms with Crippen LogP contribution in [0.5, 0.6) is 0 Å². The standard InChI is InChI=1S/C15H11N7S2/c1-21-13-9(6-17-21)14-20-19-12(22(14)8-16-13)7-23-15-18-10-4-2-3-5-11(10)24-15/h2-6,8H,7H2,1H3. The Hall–Kier alpha value is -2.52. The number of hydrogen-bond acceptors (Lipinski definition) is 7. The van der Waals surface area contributed by atoms with Gasteiger partial charge in [-0.3, -0.25) is 9.08 Å². The predicted octanol–water partition coefficient (Wildman–Crippen LogP) is 2.91. The van der Waals surface area contributed by atoms with Gasteiger partial charge < -0.3 is 0 Å². The molecule has 9 heteroatoms. The van der Waals surface area contributed by atoms with Crippen molar-refractivity contribution in [2.24, 2.45) is 7.05 Å². The third-order valence-corrected chi connectivity index (χ3v) is 5.98. The Balaban J connectivity index is 1.49. The van der Waals surface area contributed by atoms with E-state index in [-0.39, 0.29) is 0 Å². The first kappa shape index (κ1) is 13.9. The quantitative estimate of drug-likeness (QED) is 0.464. The zero-order valence-electron chi connectivity index (χ0n) is 12.6. The number of nitrogens with zero attached hydrogens (tertiary/aromatic N) is 7. The van der Waals surface area contributed by atoms with Crippen LogP contribution in [0, 0.1) is 0 Å². The molecular formula is C15H11N7S2. The highest BCUT2D eigenvalue weighted by Crippen LogP contribution is 2.31. The summed E-state index contributed by atoms with van der Waals surface area (Å²) in [6.45, 7) is 0. The van der Waals surface area contributed by atoms with E-state index in [9.17, 15) is 0 Å². The molecule has 0 unspecified atom stereocenters. The second-order valence-electron chi connectivity index (χ2n) is 5.30. The van der Waals surface area contributed by atoms with Gasteiger partial charge >= 0.3 is 0 Å². The molecular weight excluding hydrogens is 342 g/mol. The van der Waals surface area contributed by atoms with Gasteiger partial charge in [0.05, 0.1) is 27.6 Å². The Morgan fingerprint density at radius 1 is 1.17 bits per heavy atom. The van der Waals surface area contributed by atoms with E-state index in [0.717, 1.165) is 32.4 Å². The number of para-hydroxylation sites is 1. The van der Waals surface area contributed by atoms with Crippen molar-refractivity contribution in [2.45, 2.75) is 10.1 Å². The maximum absolute atomic E-state index is 4.64. The van der Waals surface area contributed by atoms with Crippen LogP contribution in [0.4, 0.5) is 0 Å². The fourth-order valence-electron chi connectivity index (χ4n) is 2.62. The summed E-state index contributed by atoms with van der Waals surface area (Å²) in [6.07, 6.45) is 3.53. The molecule has 0 fully saturated rings. The lowest BCUT2D eigenvalue weighted by molar-refractivity contribution is 0.784. The molecule has 4 heterocycles. The predicted molar refractivity (Wildman–Crippen MR) is 94.2 cm³/mol. The molecule has 0 saturated carbocycles. The Kier molecular flexibility index (Phi) is 3.03. The van der Waals surface area contributed by atoms with Gasteiger partial charge in [0.2, 0.25) is 0 Å². The summed E-state index contributed by atoms with van der Waals surface area (Å²) >= 11 is 3.36. The number of thioether (sulfide) groups is 1. The van der Waals surface area contributed by atoms with E-state index < -0.39 is 0 Å². The number of aryl methyl sites for hydroxylation is 1. The monoisotopic (exact) mass is 353 g/mol. The van der Waals surface area contributed by atoms with Crippen LogP contribution < -0.4 is 0 Å². The zero-order chi connectivity index (χ0) is 16.1. The van der Waals surface area contributed by atoms with Gasteiger partial charge in [-0.25, -0.2) is 9.97 Å². The van der Waals surface area contributed by atoms with Crippen molar-refractivity contribution in [3.63, 3.8) is 0 Å². The van der Waals surface area contributed by atoms with Gasteiger partial charge in [-0.2, -0.15) is 5.10 Å². The lowest BCUT2D eigenvalue weighted by atomic mass is 10.3. The summed E-state index contributed by atoms with van der Waals surface area (Å²) in [4.78, 5) is 9.09. The molecule has 4 aromatic heterocycles. The lowest BCUT2D eigenvalue weighted by Crippen LogP contribution is -1.96. The number of hydrogen-bond donors (Lipinski definition) is 0. The van der Waals surface area contributed by atoms with Crippen LogP contribution in [0.1, 0.15) is 5.82 Å². The maximum atomic E-state index is 4.64. The minimum absolute atomic E-state index is 0.689. The molecule has 0 aliphatic carbocycles. The van der Waals surface area contributed by atoms with Crippen LogP contribution in [-0.4, -0.2) is 34.3 Å². The van der Waals surface area contributed by atoms with Crippen molar-refractivity contribution in [2.75, 3.05) is 0 Å². The molecule has 0 radical (unpaired) electrons. The molecule has 7 nitrogen and oxygen atoms in total. The van der Waals surface area contributed by atoms with Crippen LogP contribution in [0.15, 0.2) is 41.1 Å². The largest absolute Gasteiger partial charge is 0.268 e. The van der Waals surface area contributed by atoms with Crippen molar-refractivity contribution in [3.05, 3.63) is 42.6 Å². The minimum atomic E-state index is 0.689. The van der Waals surface area contributed by atoms with E-state index in [4.69, 9.17) is 0 Å². The summed E-state index contributed by atoms with van der Waals surface area (Å²) < 4.78 is 5.89. The van der Waals surface area contributed by atoms with Gasteiger partial charge in [-0.1, -0.05) is 23.9 Å². The molecule has 24 heavy (non-hydrogen) atoms. The van der Waals surface area contributed by atoms with E-state index in [2.05, 4.69) is 31.3 Å². The fourth-order valence-corrected chi connectivity index (χ4v) is 4.61. The van der Waals surface area contributed by atoms with Gasteiger partial charge in [-0.05, 0) is 12.1 Å². The molecule has 0 amide bonds. The molecule has 118 valence electrons. The summed E-state index contributed by atoms with van der Waals surface area (Å²) in [7, 11) is 1.87. The van der Waals surface area contributed by atoms with Crippen LogP contribution in [0.2, 0.25) is 0 Å². The molecule has 0 aliphatic rings. The van der Waals surface area contributed by atoms with E-state index in [0.29, 0.717) is 5.75 Å². The molecule has 0 spiro atoms. The van der Waals surface area contributed by atoms with Crippen molar-refractivity contribution >= 4 is 50.0 Å². The van der Waals surface area contributed by atoms with Crippen LogP contribution in [0.3, 0.4) is 0 Å². The van der Waals surface area contributed by atoms with Crippen LogP contribution in [0.25, 0.3) is 26.9 Å². The minimum Gasteiger partial charge on any atom is -0.268 e. The first-order chi connectivity index (χ1) is 11.8. The third-order valence-electron chi connectivity index (χ3n) is 3.81. The molecule has 0 N–H and O–H groups in total. The smallest absolute Gasteiger partial charge is 0.174 e. The van der Waals surface area contributed by atoms with Gasteiger partial charge in [0.15, 0.2) is 15.6 Å². The number of rotatable bonds is 3. The van der Waals surface area contributed by atoms with Crippen molar-refractivity contribution in [1.82, 2.24) is 34.3 Å².